The molecule has 0 spiro atoms. The van der Waals surface area contributed by atoms with Gasteiger partial charge in [-0.25, -0.2) is 14.6 Å². The smallest absolute Gasteiger partial charge is 0.348 e. The maximum Gasteiger partial charge on any atom is 0.348 e. The minimum Gasteiger partial charge on any atom is -0.479 e. The quantitative estimate of drug-likeness (QED) is 0.799. The highest BCUT2D eigenvalue weighted by Crippen LogP contribution is 2.23. The molecule has 0 radical (unpaired) electrons. The molecule has 1 heterocycles. The fourth-order valence-electron chi connectivity index (χ4n) is 1.68. The van der Waals surface area contributed by atoms with Crippen molar-refractivity contribution in [2.24, 2.45) is 0 Å². The van der Waals surface area contributed by atoms with E-state index in [0.717, 1.165) is 0 Å². The molecule has 0 amide bonds. The third kappa shape index (κ3) is 1.77. The Morgan fingerprint density at radius 2 is 2.13 bits per heavy atom. The summed E-state index contributed by atoms with van der Waals surface area (Å²) < 4.78 is 1.19. The van der Waals surface area contributed by atoms with Crippen molar-refractivity contribution in [3.05, 3.63) is 28.9 Å². The van der Waals surface area contributed by atoms with E-state index in [4.69, 9.17) is 0 Å². The van der Waals surface area contributed by atoms with Gasteiger partial charge in [-0.05, 0) is 18.9 Å². The third-order valence-corrected chi connectivity index (χ3v) is 2.74. The van der Waals surface area contributed by atoms with Crippen LogP contribution in [0.4, 0.5) is 0 Å². The number of hydrogen-bond acceptors (Lipinski definition) is 3. The van der Waals surface area contributed by atoms with Crippen LogP contribution in [0.1, 0.15) is 26.7 Å². The van der Waals surface area contributed by atoms with Crippen LogP contribution in [0.15, 0.2) is 23.3 Å². The topological polar surface area (TPSA) is 72.2 Å². The molecule has 5 heteroatoms. The van der Waals surface area contributed by atoms with E-state index >= 15 is 0 Å². The number of nitrogens with zero attached hydrogens (tertiary/aromatic N) is 2. The summed E-state index contributed by atoms with van der Waals surface area (Å²) in [6, 6.07) is 1.56. The lowest BCUT2D eigenvalue weighted by Crippen LogP contribution is -2.47. The molecular formula is C10H14N2O3. The van der Waals surface area contributed by atoms with Gasteiger partial charge in [-0.15, -0.1) is 0 Å². The summed E-state index contributed by atoms with van der Waals surface area (Å²) in [6.45, 7) is 3.49. The normalized spacial score (nSPS) is 11.3. The lowest BCUT2D eigenvalue weighted by Gasteiger charge is -2.28. The molecule has 0 aliphatic carbocycles. The fraction of sp³-hybridized carbons (Fsp3) is 0.500. The maximum absolute atomic E-state index is 11.5. The summed E-state index contributed by atoms with van der Waals surface area (Å²) >= 11 is 0. The fourth-order valence-corrected chi connectivity index (χ4v) is 1.68. The molecule has 0 aliphatic rings. The Balaban J connectivity index is 3.40. The SMILES string of the molecule is CCC(CC)(C(=O)O)n1cccnc1=O. The van der Waals surface area contributed by atoms with E-state index in [0.29, 0.717) is 12.8 Å². The molecule has 0 aromatic carbocycles. The zero-order valence-electron chi connectivity index (χ0n) is 8.80. The van der Waals surface area contributed by atoms with Crippen LogP contribution in [0.3, 0.4) is 0 Å². The average Bonchev–Trinajstić information content (AvgIpc) is 2.22. The minimum atomic E-state index is -1.18. The number of carbonyl (C=O) groups is 1. The second-order valence-corrected chi connectivity index (χ2v) is 3.32. The monoisotopic (exact) mass is 210 g/mol. The number of aliphatic carboxylic acids is 1. The summed E-state index contributed by atoms with van der Waals surface area (Å²) in [7, 11) is 0. The molecule has 1 aromatic heterocycles. The van der Waals surface area contributed by atoms with Crippen LogP contribution in [0.25, 0.3) is 0 Å². The lowest BCUT2D eigenvalue weighted by molar-refractivity contribution is -0.148. The molecule has 1 aromatic rings. The highest BCUT2D eigenvalue weighted by Gasteiger charge is 2.37. The van der Waals surface area contributed by atoms with Crippen molar-refractivity contribution in [3.63, 3.8) is 0 Å². The molecule has 0 unspecified atom stereocenters. The van der Waals surface area contributed by atoms with Gasteiger partial charge in [-0.2, -0.15) is 0 Å². The Morgan fingerprint density at radius 3 is 2.53 bits per heavy atom. The molecule has 0 saturated carbocycles. The zero-order valence-corrected chi connectivity index (χ0v) is 8.80. The van der Waals surface area contributed by atoms with Crippen LogP contribution in [0.5, 0.6) is 0 Å². The number of aromatic nitrogens is 2. The second kappa shape index (κ2) is 4.25. The van der Waals surface area contributed by atoms with Gasteiger partial charge >= 0.3 is 11.7 Å². The van der Waals surface area contributed by atoms with Gasteiger partial charge in [0.05, 0.1) is 0 Å². The number of carboxylic acid groups (broad SMARTS) is 1. The maximum atomic E-state index is 11.5. The van der Waals surface area contributed by atoms with E-state index in [1.807, 2.05) is 0 Å². The van der Waals surface area contributed by atoms with Gasteiger partial charge in [0.2, 0.25) is 0 Å². The van der Waals surface area contributed by atoms with Crippen LogP contribution in [-0.4, -0.2) is 20.6 Å². The third-order valence-electron chi connectivity index (χ3n) is 2.74. The van der Waals surface area contributed by atoms with Gasteiger partial charge in [0, 0.05) is 12.4 Å². The van der Waals surface area contributed by atoms with Crippen molar-refractivity contribution in [2.75, 3.05) is 0 Å². The molecule has 82 valence electrons. The zero-order chi connectivity index (χ0) is 11.5. The minimum absolute atomic E-state index is 0.352. The molecule has 0 atom stereocenters. The van der Waals surface area contributed by atoms with Gasteiger partial charge in [0.15, 0.2) is 0 Å². The Hall–Kier alpha value is -1.65. The van der Waals surface area contributed by atoms with E-state index < -0.39 is 17.2 Å². The van der Waals surface area contributed by atoms with Gasteiger partial charge in [0.25, 0.3) is 0 Å². The van der Waals surface area contributed by atoms with Gasteiger partial charge in [0.1, 0.15) is 5.54 Å². The molecule has 0 fully saturated rings. The molecule has 1 rings (SSSR count). The largest absolute Gasteiger partial charge is 0.479 e. The molecule has 15 heavy (non-hydrogen) atoms. The first-order valence-corrected chi connectivity index (χ1v) is 4.86. The predicted octanol–water partition coefficient (Wildman–Crippen LogP) is 0.843. The van der Waals surface area contributed by atoms with Crippen LogP contribution < -0.4 is 5.69 Å². The number of hydrogen-bond donors (Lipinski definition) is 1. The first kappa shape index (κ1) is 11.4. The van der Waals surface area contributed by atoms with E-state index in [9.17, 15) is 14.7 Å². The van der Waals surface area contributed by atoms with Crippen molar-refractivity contribution in [2.45, 2.75) is 32.2 Å². The summed E-state index contributed by atoms with van der Waals surface area (Å²) in [5.74, 6) is -0.998. The van der Waals surface area contributed by atoms with Crippen LogP contribution in [0, 0.1) is 0 Å². The lowest BCUT2D eigenvalue weighted by atomic mass is 9.92. The molecule has 0 saturated heterocycles. The van der Waals surface area contributed by atoms with Gasteiger partial charge in [-0.3, -0.25) is 4.57 Å². The van der Waals surface area contributed by atoms with Gasteiger partial charge in [-0.1, -0.05) is 13.8 Å². The van der Waals surface area contributed by atoms with Crippen molar-refractivity contribution in [1.82, 2.24) is 9.55 Å². The summed E-state index contributed by atoms with van der Waals surface area (Å²) in [5, 5.41) is 9.21. The second-order valence-electron chi connectivity index (χ2n) is 3.32. The summed E-state index contributed by atoms with van der Waals surface area (Å²) in [5.41, 5.74) is -1.70. The first-order valence-electron chi connectivity index (χ1n) is 4.86. The predicted molar refractivity (Wildman–Crippen MR) is 54.7 cm³/mol. The summed E-state index contributed by atoms with van der Waals surface area (Å²) in [4.78, 5) is 26.3. The standard InChI is InChI=1S/C10H14N2O3/c1-3-10(4-2,8(13)14)12-7-5-6-11-9(12)15/h5-7H,3-4H2,1-2H3,(H,13,14). The number of carboxylic acids is 1. The van der Waals surface area contributed by atoms with Gasteiger partial charge < -0.3 is 5.11 Å². The highest BCUT2D eigenvalue weighted by molar-refractivity contribution is 5.76. The van der Waals surface area contributed by atoms with E-state index in [1.165, 1.54) is 17.0 Å². The average molecular weight is 210 g/mol. The Morgan fingerprint density at radius 1 is 1.53 bits per heavy atom. The Kier molecular flexibility index (Phi) is 3.24. The summed E-state index contributed by atoms with van der Waals surface area (Å²) in [6.07, 6.45) is 3.53. The Bertz CT molecular complexity index is 407. The molecule has 5 nitrogen and oxygen atoms in total. The molecule has 0 aliphatic heterocycles. The first-order chi connectivity index (χ1) is 7.08. The van der Waals surface area contributed by atoms with Crippen molar-refractivity contribution >= 4 is 5.97 Å². The molecular weight excluding hydrogens is 196 g/mol. The van der Waals surface area contributed by atoms with Crippen molar-refractivity contribution in [3.8, 4) is 0 Å². The Labute approximate surface area is 87.4 Å². The highest BCUT2D eigenvalue weighted by atomic mass is 16.4. The van der Waals surface area contributed by atoms with E-state index in [1.54, 1.807) is 19.9 Å². The number of rotatable bonds is 4. The van der Waals surface area contributed by atoms with E-state index in [-0.39, 0.29) is 0 Å². The van der Waals surface area contributed by atoms with Crippen molar-refractivity contribution < 1.29 is 9.90 Å². The molecule has 0 bridgehead atoms. The van der Waals surface area contributed by atoms with Crippen molar-refractivity contribution in [1.29, 1.82) is 0 Å². The molecule has 1 N–H and O–H groups in total. The van der Waals surface area contributed by atoms with E-state index in [2.05, 4.69) is 4.98 Å². The van der Waals surface area contributed by atoms with Crippen LogP contribution in [-0.2, 0) is 10.3 Å². The van der Waals surface area contributed by atoms with Crippen LogP contribution >= 0.6 is 0 Å². The van der Waals surface area contributed by atoms with Crippen LogP contribution in [0.2, 0.25) is 0 Å².